The second-order valence-corrected chi connectivity index (χ2v) is 7.63. The van der Waals surface area contributed by atoms with E-state index in [4.69, 9.17) is 4.74 Å². The molecule has 0 radical (unpaired) electrons. The predicted molar refractivity (Wildman–Crippen MR) is 105 cm³/mol. The molecular formula is C23H25NO4. The number of carbonyl (C=O) groups is 2. The van der Waals surface area contributed by atoms with Crippen molar-refractivity contribution in [2.75, 3.05) is 6.54 Å². The summed E-state index contributed by atoms with van der Waals surface area (Å²) in [5.41, 5.74) is 2.41. The zero-order chi connectivity index (χ0) is 19.5. The number of rotatable bonds is 7. The molecule has 0 unspecified atom stereocenters. The molecule has 0 aliphatic carbocycles. The minimum atomic E-state index is -0.932. The normalized spacial score (nSPS) is 25.8. The topological polar surface area (TPSA) is 75.6 Å². The van der Waals surface area contributed by atoms with Gasteiger partial charge in [-0.25, -0.2) is 0 Å². The summed E-state index contributed by atoms with van der Waals surface area (Å²) in [6.45, 7) is 0.494. The quantitative estimate of drug-likeness (QED) is 0.775. The number of hydrogen-bond donors (Lipinski definition) is 2. The highest BCUT2D eigenvalue weighted by Gasteiger charge is 2.55. The van der Waals surface area contributed by atoms with Gasteiger partial charge in [-0.15, -0.1) is 0 Å². The minimum Gasteiger partial charge on any atom is -0.481 e. The SMILES string of the molecule is O=C(O)[C@@H]1[C@H](C(=O)NCCC(c2ccccc2)c2ccccc2)[C@H]2CC[C@@H]1O2. The van der Waals surface area contributed by atoms with Crippen molar-refractivity contribution in [3.63, 3.8) is 0 Å². The monoisotopic (exact) mass is 379 g/mol. The highest BCUT2D eigenvalue weighted by Crippen LogP contribution is 2.43. The lowest BCUT2D eigenvalue weighted by atomic mass is 9.78. The molecule has 4 atom stereocenters. The van der Waals surface area contributed by atoms with E-state index in [1.807, 2.05) is 36.4 Å². The molecule has 2 heterocycles. The van der Waals surface area contributed by atoms with E-state index >= 15 is 0 Å². The zero-order valence-corrected chi connectivity index (χ0v) is 15.7. The summed E-state index contributed by atoms with van der Waals surface area (Å²) < 4.78 is 5.70. The third kappa shape index (κ3) is 3.67. The maximum Gasteiger partial charge on any atom is 0.310 e. The molecule has 0 saturated carbocycles. The molecule has 2 saturated heterocycles. The van der Waals surface area contributed by atoms with Crippen molar-refractivity contribution < 1.29 is 19.4 Å². The standard InChI is InChI=1S/C23H25NO4/c25-22(20-18-11-12-19(28-18)21(20)23(26)27)24-14-13-17(15-7-3-1-4-8-15)16-9-5-2-6-10-16/h1-10,17-21H,11-14H2,(H,24,25)(H,26,27)/t18-,19+,20-,21+/m1/s1. The molecule has 2 aliphatic heterocycles. The minimum absolute atomic E-state index is 0.175. The number of ether oxygens (including phenoxy) is 1. The van der Waals surface area contributed by atoms with Crippen LogP contribution in [-0.4, -0.2) is 35.7 Å². The third-order valence-corrected chi connectivity index (χ3v) is 6.00. The summed E-state index contributed by atoms with van der Waals surface area (Å²) >= 11 is 0. The fourth-order valence-corrected chi connectivity index (χ4v) is 4.68. The molecule has 1 amide bonds. The second-order valence-electron chi connectivity index (χ2n) is 7.63. The van der Waals surface area contributed by atoms with Crippen LogP contribution in [0.15, 0.2) is 60.7 Å². The van der Waals surface area contributed by atoms with Crippen molar-refractivity contribution >= 4 is 11.9 Å². The van der Waals surface area contributed by atoms with Gasteiger partial charge in [0, 0.05) is 12.5 Å². The molecule has 2 bridgehead atoms. The molecule has 2 fully saturated rings. The first kappa shape index (κ1) is 18.7. The van der Waals surface area contributed by atoms with Crippen LogP contribution in [0.2, 0.25) is 0 Å². The fraction of sp³-hybridized carbons (Fsp3) is 0.391. The molecule has 2 aromatic rings. The number of carbonyl (C=O) groups excluding carboxylic acids is 1. The van der Waals surface area contributed by atoms with Gasteiger partial charge >= 0.3 is 5.97 Å². The van der Waals surface area contributed by atoms with E-state index in [1.54, 1.807) is 0 Å². The number of carboxylic acid groups (broad SMARTS) is 1. The summed E-state index contributed by atoms with van der Waals surface area (Å²) in [6.07, 6.45) is 1.67. The molecule has 0 spiro atoms. The van der Waals surface area contributed by atoms with Crippen molar-refractivity contribution in [2.24, 2.45) is 11.8 Å². The Morgan fingerprint density at radius 2 is 1.46 bits per heavy atom. The number of aliphatic carboxylic acids is 1. The van der Waals surface area contributed by atoms with E-state index in [2.05, 4.69) is 29.6 Å². The Balaban J connectivity index is 1.42. The van der Waals surface area contributed by atoms with Crippen molar-refractivity contribution in [3.05, 3.63) is 71.8 Å². The van der Waals surface area contributed by atoms with Crippen LogP contribution in [0, 0.1) is 11.8 Å². The lowest BCUT2D eigenvalue weighted by Crippen LogP contribution is -2.44. The highest BCUT2D eigenvalue weighted by molar-refractivity contribution is 5.86. The van der Waals surface area contributed by atoms with Crippen LogP contribution < -0.4 is 5.32 Å². The van der Waals surface area contributed by atoms with Crippen molar-refractivity contribution in [3.8, 4) is 0 Å². The van der Waals surface area contributed by atoms with E-state index in [0.717, 1.165) is 19.3 Å². The zero-order valence-electron chi connectivity index (χ0n) is 15.7. The highest BCUT2D eigenvalue weighted by atomic mass is 16.5. The van der Waals surface area contributed by atoms with E-state index in [-0.39, 0.29) is 24.0 Å². The lowest BCUT2D eigenvalue weighted by Gasteiger charge is -2.24. The van der Waals surface area contributed by atoms with Gasteiger partial charge in [0.05, 0.1) is 24.0 Å². The molecule has 146 valence electrons. The predicted octanol–water partition coefficient (Wildman–Crippen LogP) is 3.20. The van der Waals surface area contributed by atoms with Gasteiger partial charge in [-0.3, -0.25) is 9.59 Å². The van der Waals surface area contributed by atoms with E-state index in [1.165, 1.54) is 11.1 Å². The second kappa shape index (κ2) is 8.15. The van der Waals surface area contributed by atoms with Gasteiger partial charge in [-0.1, -0.05) is 60.7 Å². The van der Waals surface area contributed by atoms with Crippen molar-refractivity contribution in [2.45, 2.75) is 37.4 Å². The molecule has 5 heteroatoms. The molecule has 5 nitrogen and oxygen atoms in total. The molecule has 28 heavy (non-hydrogen) atoms. The number of nitrogens with one attached hydrogen (secondary N) is 1. The Labute approximate surface area is 164 Å². The van der Waals surface area contributed by atoms with Gasteiger partial charge in [0.2, 0.25) is 5.91 Å². The lowest BCUT2D eigenvalue weighted by molar-refractivity contribution is -0.147. The Morgan fingerprint density at radius 3 is 2.00 bits per heavy atom. The first-order valence-corrected chi connectivity index (χ1v) is 9.91. The van der Waals surface area contributed by atoms with Crippen LogP contribution in [0.4, 0.5) is 0 Å². The van der Waals surface area contributed by atoms with Crippen LogP contribution in [0.3, 0.4) is 0 Å². The first-order chi connectivity index (χ1) is 13.6. The third-order valence-electron chi connectivity index (χ3n) is 6.00. The number of carboxylic acids is 1. The summed E-state index contributed by atoms with van der Waals surface area (Å²) in [6, 6.07) is 20.5. The van der Waals surface area contributed by atoms with E-state index < -0.39 is 17.8 Å². The molecular weight excluding hydrogens is 354 g/mol. The summed E-state index contributed by atoms with van der Waals surface area (Å²) in [4.78, 5) is 24.3. The van der Waals surface area contributed by atoms with Crippen molar-refractivity contribution in [1.82, 2.24) is 5.32 Å². The van der Waals surface area contributed by atoms with Gasteiger partial charge in [-0.2, -0.15) is 0 Å². The Morgan fingerprint density at radius 1 is 0.929 bits per heavy atom. The summed E-state index contributed by atoms with van der Waals surface area (Å²) in [7, 11) is 0. The number of hydrogen-bond acceptors (Lipinski definition) is 3. The molecule has 2 aliphatic rings. The van der Waals surface area contributed by atoms with E-state index in [9.17, 15) is 14.7 Å². The first-order valence-electron chi connectivity index (χ1n) is 9.91. The van der Waals surface area contributed by atoms with Crippen LogP contribution in [-0.2, 0) is 14.3 Å². The summed E-state index contributed by atoms with van der Waals surface area (Å²) in [5, 5.41) is 12.5. The van der Waals surface area contributed by atoms with Gasteiger partial charge < -0.3 is 15.2 Å². The Hall–Kier alpha value is -2.66. The maximum atomic E-state index is 12.8. The van der Waals surface area contributed by atoms with E-state index in [0.29, 0.717) is 6.54 Å². The molecule has 2 N–H and O–H groups in total. The Bertz CT molecular complexity index is 784. The van der Waals surface area contributed by atoms with Crippen LogP contribution >= 0.6 is 0 Å². The average Bonchev–Trinajstić information content (AvgIpc) is 3.34. The maximum absolute atomic E-state index is 12.8. The average molecular weight is 379 g/mol. The fourth-order valence-electron chi connectivity index (χ4n) is 4.68. The molecule has 2 aromatic carbocycles. The van der Waals surface area contributed by atoms with Gasteiger partial charge in [0.1, 0.15) is 0 Å². The van der Waals surface area contributed by atoms with Gasteiger partial charge in [0.15, 0.2) is 0 Å². The van der Waals surface area contributed by atoms with Crippen LogP contribution in [0.5, 0.6) is 0 Å². The molecule has 0 aromatic heterocycles. The number of amides is 1. The molecule has 4 rings (SSSR count). The van der Waals surface area contributed by atoms with Gasteiger partial charge in [-0.05, 0) is 30.4 Å². The van der Waals surface area contributed by atoms with Gasteiger partial charge in [0.25, 0.3) is 0 Å². The summed E-state index contributed by atoms with van der Waals surface area (Å²) in [5.74, 6) is -2.26. The van der Waals surface area contributed by atoms with Crippen LogP contribution in [0.25, 0.3) is 0 Å². The smallest absolute Gasteiger partial charge is 0.310 e. The largest absolute Gasteiger partial charge is 0.481 e. The van der Waals surface area contributed by atoms with Crippen LogP contribution in [0.1, 0.15) is 36.3 Å². The van der Waals surface area contributed by atoms with Crippen molar-refractivity contribution in [1.29, 1.82) is 0 Å². The number of benzene rings is 2. The number of fused-ring (bicyclic) bond motifs is 2. The Kier molecular flexibility index (Phi) is 5.44.